The SMILES string of the molecule is CC(C)[C@@H](Nc1nc2ccccc2o1)c1nc2ccccc2[nH]1. The lowest BCUT2D eigenvalue weighted by atomic mass is 10.0. The van der Waals surface area contributed by atoms with E-state index in [1.54, 1.807) is 0 Å². The van der Waals surface area contributed by atoms with Crippen molar-refractivity contribution in [3.8, 4) is 0 Å². The maximum absolute atomic E-state index is 5.78. The predicted octanol–water partition coefficient (Wildman–Crippen LogP) is 4.51. The highest BCUT2D eigenvalue weighted by atomic mass is 16.4. The summed E-state index contributed by atoms with van der Waals surface area (Å²) in [7, 11) is 0. The van der Waals surface area contributed by atoms with Crippen LogP contribution in [0.3, 0.4) is 0 Å². The maximum atomic E-state index is 5.78. The monoisotopic (exact) mass is 306 g/mol. The molecule has 0 saturated heterocycles. The molecule has 0 radical (unpaired) electrons. The zero-order chi connectivity index (χ0) is 15.8. The first-order chi connectivity index (χ1) is 11.2. The summed E-state index contributed by atoms with van der Waals surface area (Å²) in [6.07, 6.45) is 0. The number of hydrogen-bond donors (Lipinski definition) is 2. The van der Waals surface area contributed by atoms with Crippen molar-refractivity contribution in [3.63, 3.8) is 0 Å². The molecule has 0 unspecified atom stereocenters. The molecule has 0 saturated carbocycles. The van der Waals surface area contributed by atoms with E-state index >= 15 is 0 Å². The fourth-order valence-corrected chi connectivity index (χ4v) is 2.74. The highest BCUT2D eigenvalue weighted by molar-refractivity contribution is 5.75. The van der Waals surface area contributed by atoms with E-state index in [0.29, 0.717) is 11.9 Å². The van der Waals surface area contributed by atoms with Gasteiger partial charge < -0.3 is 14.7 Å². The minimum absolute atomic E-state index is 0.00420. The van der Waals surface area contributed by atoms with Crippen molar-refractivity contribution in [2.75, 3.05) is 5.32 Å². The standard InChI is InChI=1S/C18H18N4O/c1-11(2)16(17-19-12-7-3-4-8-13(12)20-17)22-18-21-14-9-5-6-10-15(14)23-18/h3-11,16H,1-2H3,(H,19,20)(H,21,22)/t16-/m1/s1. The van der Waals surface area contributed by atoms with Crippen LogP contribution in [0, 0.1) is 5.92 Å². The van der Waals surface area contributed by atoms with Gasteiger partial charge in [-0.3, -0.25) is 0 Å². The molecule has 2 aromatic carbocycles. The second-order valence-electron chi connectivity index (χ2n) is 5.99. The normalized spacial score (nSPS) is 13.0. The van der Waals surface area contributed by atoms with Gasteiger partial charge in [0.1, 0.15) is 11.3 Å². The molecule has 0 aliphatic heterocycles. The van der Waals surface area contributed by atoms with E-state index in [2.05, 4.69) is 29.1 Å². The Bertz CT molecular complexity index is 888. The van der Waals surface area contributed by atoms with Crippen LogP contribution in [-0.4, -0.2) is 15.0 Å². The number of benzene rings is 2. The van der Waals surface area contributed by atoms with Gasteiger partial charge in [-0.25, -0.2) is 4.98 Å². The van der Waals surface area contributed by atoms with Crippen molar-refractivity contribution in [3.05, 3.63) is 54.4 Å². The molecular weight excluding hydrogens is 288 g/mol. The number of oxazole rings is 1. The van der Waals surface area contributed by atoms with E-state index in [0.717, 1.165) is 28.0 Å². The number of aromatic nitrogens is 3. The van der Waals surface area contributed by atoms with Gasteiger partial charge in [0.05, 0.1) is 17.1 Å². The first kappa shape index (κ1) is 13.8. The van der Waals surface area contributed by atoms with Crippen LogP contribution in [0.2, 0.25) is 0 Å². The molecule has 4 aromatic rings. The van der Waals surface area contributed by atoms with Crippen LogP contribution >= 0.6 is 0 Å². The first-order valence-electron chi connectivity index (χ1n) is 7.77. The third-order valence-corrected chi connectivity index (χ3v) is 3.94. The number of H-pyrrole nitrogens is 1. The zero-order valence-electron chi connectivity index (χ0n) is 13.1. The number of anilines is 1. The molecule has 0 aliphatic carbocycles. The number of para-hydroxylation sites is 4. The molecule has 0 bridgehead atoms. The summed E-state index contributed by atoms with van der Waals surface area (Å²) in [6, 6.07) is 16.3. The maximum Gasteiger partial charge on any atom is 0.296 e. The Balaban J connectivity index is 1.69. The van der Waals surface area contributed by atoms with E-state index in [1.807, 2.05) is 48.5 Å². The largest absolute Gasteiger partial charge is 0.424 e. The number of nitrogens with one attached hydrogen (secondary N) is 2. The molecule has 0 spiro atoms. The summed E-state index contributed by atoms with van der Waals surface area (Å²) in [5.74, 6) is 1.22. The van der Waals surface area contributed by atoms with Crippen molar-refractivity contribution >= 4 is 28.1 Å². The van der Waals surface area contributed by atoms with E-state index in [4.69, 9.17) is 9.40 Å². The number of fused-ring (bicyclic) bond motifs is 2. The first-order valence-corrected chi connectivity index (χ1v) is 7.77. The Morgan fingerprint density at radius 1 is 0.957 bits per heavy atom. The highest BCUT2D eigenvalue weighted by Gasteiger charge is 2.21. The average Bonchev–Trinajstić information content (AvgIpc) is 3.15. The van der Waals surface area contributed by atoms with Gasteiger partial charge in [0.25, 0.3) is 6.01 Å². The lowest BCUT2D eigenvalue weighted by Gasteiger charge is -2.18. The smallest absolute Gasteiger partial charge is 0.296 e. The topological polar surface area (TPSA) is 66.7 Å². The third kappa shape index (κ3) is 2.54. The number of imidazole rings is 1. The molecule has 116 valence electrons. The fourth-order valence-electron chi connectivity index (χ4n) is 2.74. The number of hydrogen-bond acceptors (Lipinski definition) is 4. The average molecular weight is 306 g/mol. The Morgan fingerprint density at radius 2 is 1.70 bits per heavy atom. The number of aromatic amines is 1. The van der Waals surface area contributed by atoms with Crippen molar-refractivity contribution in [2.24, 2.45) is 5.92 Å². The van der Waals surface area contributed by atoms with Crippen molar-refractivity contribution in [1.82, 2.24) is 15.0 Å². The van der Waals surface area contributed by atoms with E-state index in [9.17, 15) is 0 Å². The lowest BCUT2D eigenvalue weighted by Crippen LogP contribution is -2.18. The summed E-state index contributed by atoms with van der Waals surface area (Å²) in [4.78, 5) is 12.6. The van der Waals surface area contributed by atoms with Crippen LogP contribution in [0.15, 0.2) is 52.9 Å². The Morgan fingerprint density at radius 3 is 2.43 bits per heavy atom. The summed E-state index contributed by atoms with van der Waals surface area (Å²) >= 11 is 0. The van der Waals surface area contributed by atoms with Gasteiger partial charge in [-0.05, 0) is 30.2 Å². The van der Waals surface area contributed by atoms with Gasteiger partial charge in [-0.1, -0.05) is 38.1 Å². The molecule has 0 aliphatic rings. The highest BCUT2D eigenvalue weighted by Crippen LogP contribution is 2.27. The van der Waals surface area contributed by atoms with E-state index in [1.165, 1.54) is 0 Å². The molecule has 4 rings (SSSR count). The molecule has 5 nitrogen and oxygen atoms in total. The minimum atomic E-state index is -0.00420. The summed E-state index contributed by atoms with van der Waals surface area (Å²) in [6.45, 7) is 4.29. The molecule has 0 amide bonds. The van der Waals surface area contributed by atoms with Gasteiger partial charge in [-0.15, -0.1) is 0 Å². The molecule has 2 heterocycles. The van der Waals surface area contributed by atoms with Crippen LogP contribution in [0.25, 0.3) is 22.1 Å². The molecule has 0 fully saturated rings. The predicted molar refractivity (Wildman–Crippen MR) is 91.3 cm³/mol. The number of nitrogens with zero attached hydrogens (tertiary/aromatic N) is 2. The van der Waals surface area contributed by atoms with E-state index in [-0.39, 0.29) is 6.04 Å². The van der Waals surface area contributed by atoms with Crippen LogP contribution in [0.4, 0.5) is 6.01 Å². The summed E-state index contributed by atoms with van der Waals surface area (Å²) in [5.41, 5.74) is 3.63. The van der Waals surface area contributed by atoms with Crippen molar-refractivity contribution in [1.29, 1.82) is 0 Å². The van der Waals surface area contributed by atoms with Crippen molar-refractivity contribution in [2.45, 2.75) is 19.9 Å². The molecule has 1 atom stereocenters. The summed E-state index contributed by atoms with van der Waals surface area (Å²) in [5, 5.41) is 3.37. The van der Waals surface area contributed by atoms with Crippen LogP contribution < -0.4 is 5.32 Å². The van der Waals surface area contributed by atoms with Gasteiger partial charge >= 0.3 is 0 Å². The lowest BCUT2D eigenvalue weighted by molar-refractivity contribution is 0.501. The van der Waals surface area contributed by atoms with Crippen molar-refractivity contribution < 1.29 is 4.42 Å². The minimum Gasteiger partial charge on any atom is -0.424 e. The summed E-state index contributed by atoms with van der Waals surface area (Å²) < 4.78 is 5.78. The fraction of sp³-hybridized carbons (Fsp3) is 0.222. The van der Waals surface area contributed by atoms with Crippen LogP contribution in [0.1, 0.15) is 25.7 Å². The Labute approximate surface area is 133 Å². The van der Waals surface area contributed by atoms with Gasteiger partial charge in [0.15, 0.2) is 5.58 Å². The third-order valence-electron chi connectivity index (χ3n) is 3.94. The molecule has 5 heteroatoms. The quantitative estimate of drug-likeness (QED) is 0.582. The van der Waals surface area contributed by atoms with E-state index < -0.39 is 0 Å². The van der Waals surface area contributed by atoms with Crippen LogP contribution in [-0.2, 0) is 0 Å². The zero-order valence-corrected chi connectivity index (χ0v) is 13.1. The van der Waals surface area contributed by atoms with Gasteiger partial charge in [0, 0.05) is 0 Å². The van der Waals surface area contributed by atoms with Crippen LogP contribution in [0.5, 0.6) is 0 Å². The second kappa shape index (κ2) is 5.43. The van der Waals surface area contributed by atoms with Gasteiger partial charge in [0.2, 0.25) is 0 Å². The molecule has 2 N–H and O–H groups in total. The molecular formula is C18H18N4O. The van der Waals surface area contributed by atoms with Gasteiger partial charge in [-0.2, -0.15) is 4.98 Å². The Kier molecular flexibility index (Phi) is 3.26. The molecule has 2 aromatic heterocycles. The molecule has 23 heavy (non-hydrogen) atoms. The Hall–Kier alpha value is -2.82. The second-order valence-corrected chi connectivity index (χ2v) is 5.99. The number of rotatable bonds is 4.